The molecule has 0 aromatic heterocycles. The van der Waals surface area contributed by atoms with Gasteiger partial charge in [-0.05, 0) is 131 Å². The molecule has 5 nitrogen and oxygen atoms in total. The summed E-state index contributed by atoms with van der Waals surface area (Å²) in [5.41, 5.74) is 9.82. The van der Waals surface area contributed by atoms with Crippen LogP contribution in [0.15, 0.2) is 114 Å². The van der Waals surface area contributed by atoms with Gasteiger partial charge in [0, 0.05) is 42.4 Å². The minimum absolute atomic E-state index is 0.0128. The van der Waals surface area contributed by atoms with Gasteiger partial charge in [-0.1, -0.05) is 78.3 Å². The maximum atomic E-state index is 10.5. The molecule has 0 amide bonds. The molecule has 1 aliphatic heterocycles. The van der Waals surface area contributed by atoms with E-state index in [1.165, 1.54) is 22.4 Å². The summed E-state index contributed by atoms with van der Waals surface area (Å²) in [6.07, 6.45) is 5.61. The van der Waals surface area contributed by atoms with E-state index in [1.54, 1.807) is 13.2 Å². The fraction of sp³-hybridized carbons (Fsp3) is 0.256. The molecular formula is C43H45BrN2O3. The van der Waals surface area contributed by atoms with Crippen molar-refractivity contribution in [3.8, 4) is 39.5 Å². The number of ether oxygens (including phenoxy) is 1. The van der Waals surface area contributed by atoms with Crippen LogP contribution in [-0.4, -0.2) is 41.4 Å². The Morgan fingerprint density at radius 3 is 2.18 bits per heavy atom. The molecule has 6 rings (SSSR count). The van der Waals surface area contributed by atoms with Gasteiger partial charge in [-0.2, -0.15) is 0 Å². The van der Waals surface area contributed by atoms with Crippen molar-refractivity contribution in [1.29, 1.82) is 0 Å². The summed E-state index contributed by atoms with van der Waals surface area (Å²) in [6, 6.07) is 36.4. The monoisotopic (exact) mass is 716 g/mol. The lowest BCUT2D eigenvalue weighted by molar-refractivity contribution is 0.201. The molecule has 1 aliphatic rings. The van der Waals surface area contributed by atoms with Crippen LogP contribution in [0.2, 0.25) is 0 Å². The quantitative estimate of drug-likeness (QED) is 0.126. The normalized spacial score (nSPS) is 13.7. The Morgan fingerprint density at radius 1 is 0.837 bits per heavy atom. The summed E-state index contributed by atoms with van der Waals surface area (Å²) < 4.78 is 6.61. The van der Waals surface area contributed by atoms with Gasteiger partial charge in [0.2, 0.25) is 0 Å². The van der Waals surface area contributed by atoms with Crippen LogP contribution in [-0.2, 0) is 19.5 Å². The van der Waals surface area contributed by atoms with Gasteiger partial charge in [0.25, 0.3) is 0 Å². The van der Waals surface area contributed by atoms with Gasteiger partial charge in [0.1, 0.15) is 5.75 Å². The van der Waals surface area contributed by atoms with E-state index >= 15 is 0 Å². The zero-order valence-electron chi connectivity index (χ0n) is 28.4. The van der Waals surface area contributed by atoms with Gasteiger partial charge < -0.3 is 19.8 Å². The average Bonchev–Trinajstić information content (AvgIpc) is 3.13. The van der Waals surface area contributed by atoms with Crippen LogP contribution >= 0.6 is 15.9 Å². The number of hydrogen-bond donors (Lipinski definition) is 2. The van der Waals surface area contributed by atoms with E-state index in [4.69, 9.17) is 4.74 Å². The minimum atomic E-state index is -0.0662. The van der Waals surface area contributed by atoms with Crippen LogP contribution in [0.4, 0.5) is 5.69 Å². The third-order valence-corrected chi connectivity index (χ3v) is 10.1. The number of likely N-dealkylation sites (tertiary alicyclic amines) is 1. The van der Waals surface area contributed by atoms with Crippen molar-refractivity contribution in [1.82, 2.24) is 4.90 Å². The molecule has 2 N–H and O–H groups in total. The first kappa shape index (κ1) is 34.3. The highest BCUT2D eigenvalue weighted by Gasteiger charge is 2.26. The SMILES string of the molecule is C=Cc1cc(OC)cc(-c2cccc(CN3CCC(N(Cc4cccc(-c5cc(O)c(O)c(CCC)c5)c4)c4ccc(Br)cc4)CC3)c2)c1. The summed E-state index contributed by atoms with van der Waals surface area (Å²) in [5.74, 6) is 0.757. The zero-order chi connectivity index (χ0) is 34.3. The third-order valence-electron chi connectivity index (χ3n) is 9.52. The molecule has 0 bridgehead atoms. The van der Waals surface area contributed by atoms with Gasteiger partial charge in [-0.15, -0.1) is 0 Å². The predicted molar refractivity (Wildman–Crippen MR) is 206 cm³/mol. The smallest absolute Gasteiger partial charge is 0.160 e. The molecule has 0 unspecified atom stereocenters. The molecule has 1 saturated heterocycles. The molecule has 0 aliphatic carbocycles. The first-order valence-electron chi connectivity index (χ1n) is 17.1. The Balaban J connectivity index is 1.18. The molecule has 5 aromatic rings. The first-order valence-corrected chi connectivity index (χ1v) is 17.9. The van der Waals surface area contributed by atoms with Crippen LogP contribution in [0.1, 0.15) is 48.4 Å². The largest absolute Gasteiger partial charge is 0.504 e. The van der Waals surface area contributed by atoms with Crippen molar-refractivity contribution in [3.05, 3.63) is 136 Å². The number of aromatic hydroxyl groups is 2. The van der Waals surface area contributed by atoms with Crippen molar-refractivity contribution in [2.75, 3.05) is 25.1 Å². The number of phenolic OH excluding ortho intramolecular Hbond substituents is 2. The summed E-state index contributed by atoms with van der Waals surface area (Å²) in [5, 5.41) is 20.9. The fourth-order valence-corrected chi connectivity index (χ4v) is 7.20. The van der Waals surface area contributed by atoms with E-state index in [1.807, 2.05) is 18.2 Å². The van der Waals surface area contributed by atoms with Gasteiger partial charge in [0.15, 0.2) is 11.5 Å². The van der Waals surface area contributed by atoms with Gasteiger partial charge in [0.05, 0.1) is 7.11 Å². The van der Waals surface area contributed by atoms with E-state index < -0.39 is 0 Å². The lowest BCUT2D eigenvalue weighted by Crippen LogP contribution is -2.44. The fourth-order valence-electron chi connectivity index (χ4n) is 6.94. The van der Waals surface area contributed by atoms with Gasteiger partial charge in [-0.3, -0.25) is 4.90 Å². The Morgan fingerprint density at radius 2 is 1.51 bits per heavy atom. The lowest BCUT2D eigenvalue weighted by atomic mass is 9.97. The van der Waals surface area contributed by atoms with E-state index in [0.717, 1.165) is 83.5 Å². The summed E-state index contributed by atoms with van der Waals surface area (Å²) in [6.45, 7) is 9.76. The van der Waals surface area contributed by atoms with Crippen LogP contribution in [0, 0.1) is 0 Å². The molecule has 0 radical (unpaired) electrons. The number of phenols is 2. The predicted octanol–water partition coefficient (Wildman–Crippen LogP) is 10.5. The number of piperidine rings is 1. The number of benzene rings is 5. The van der Waals surface area contributed by atoms with Gasteiger partial charge >= 0.3 is 0 Å². The third kappa shape index (κ3) is 8.38. The molecule has 1 fully saturated rings. The first-order chi connectivity index (χ1) is 23.8. The molecule has 0 saturated carbocycles. The Bertz CT molecular complexity index is 1900. The number of nitrogens with zero attached hydrogens (tertiary/aromatic N) is 2. The van der Waals surface area contributed by atoms with Crippen molar-refractivity contribution in [3.63, 3.8) is 0 Å². The van der Waals surface area contributed by atoms with E-state index in [2.05, 4.69) is 124 Å². The molecule has 0 spiro atoms. The second-order valence-electron chi connectivity index (χ2n) is 13.0. The number of rotatable bonds is 12. The second-order valence-corrected chi connectivity index (χ2v) is 13.9. The summed E-state index contributed by atoms with van der Waals surface area (Å²) in [4.78, 5) is 5.13. The second kappa shape index (κ2) is 15.8. The summed E-state index contributed by atoms with van der Waals surface area (Å²) in [7, 11) is 1.70. The van der Waals surface area contributed by atoms with E-state index in [9.17, 15) is 10.2 Å². The van der Waals surface area contributed by atoms with E-state index in [-0.39, 0.29) is 11.5 Å². The Labute approximate surface area is 299 Å². The molecule has 1 heterocycles. The number of hydrogen-bond acceptors (Lipinski definition) is 5. The van der Waals surface area contributed by atoms with E-state index in [0.29, 0.717) is 12.5 Å². The average molecular weight is 718 g/mol. The molecule has 6 heteroatoms. The molecular weight excluding hydrogens is 672 g/mol. The molecule has 252 valence electrons. The Hall–Kier alpha value is -4.52. The summed E-state index contributed by atoms with van der Waals surface area (Å²) >= 11 is 3.62. The van der Waals surface area contributed by atoms with Gasteiger partial charge in [-0.25, -0.2) is 0 Å². The molecule has 5 aromatic carbocycles. The maximum absolute atomic E-state index is 10.5. The zero-order valence-corrected chi connectivity index (χ0v) is 30.0. The maximum Gasteiger partial charge on any atom is 0.160 e. The van der Waals surface area contributed by atoms with Crippen molar-refractivity contribution < 1.29 is 14.9 Å². The highest BCUT2D eigenvalue weighted by molar-refractivity contribution is 9.10. The van der Waals surface area contributed by atoms with Crippen LogP contribution in [0.5, 0.6) is 17.2 Å². The van der Waals surface area contributed by atoms with Crippen molar-refractivity contribution in [2.24, 2.45) is 0 Å². The van der Waals surface area contributed by atoms with Crippen LogP contribution in [0.25, 0.3) is 28.3 Å². The molecule has 0 atom stereocenters. The Kier molecular flexibility index (Phi) is 11.1. The van der Waals surface area contributed by atoms with Crippen molar-refractivity contribution >= 4 is 27.7 Å². The standard InChI is InChI=1S/C43H45BrN2O3/c1-4-8-35-25-37(27-42(47)43(35)48)34-12-7-10-32(23-34)29-46(39-15-13-38(44)14-16-39)40-17-19-45(20-18-40)28-31-9-6-11-33(22-31)36-21-30(5-2)24-41(26-36)49-3/h5-7,9-16,21-27,40,47-48H,2,4,8,17-20,28-29H2,1,3H3. The highest BCUT2D eigenvalue weighted by atomic mass is 79.9. The number of methoxy groups -OCH3 is 1. The highest BCUT2D eigenvalue weighted by Crippen LogP contribution is 2.36. The number of aryl methyl sites for hydroxylation is 1. The minimum Gasteiger partial charge on any atom is -0.504 e. The lowest BCUT2D eigenvalue weighted by Gasteiger charge is -2.40. The topological polar surface area (TPSA) is 56.2 Å². The van der Waals surface area contributed by atoms with Crippen LogP contribution < -0.4 is 9.64 Å². The number of anilines is 1. The van der Waals surface area contributed by atoms with Crippen LogP contribution in [0.3, 0.4) is 0 Å². The molecule has 49 heavy (non-hydrogen) atoms. The van der Waals surface area contributed by atoms with Crippen molar-refractivity contribution in [2.45, 2.75) is 51.7 Å². The number of halogens is 1.